The second-order valence-electron chi connectivity index (χ2n) is 8.34. The van der Waals surface area contributed by atoms with Crippen LogP contribution in [-0.2, 0) is 17.8 Å². The smallest absolute Gasteiger partial charge is 0.228 e. The highest BCUT2D eigenvalue weighted by Crippen LogP contribution is 2.51. The number of hydrogen-bond acceptors (Lipinski definition) is 4. The predicted octanol–water partition coefficient (Wildman–Crippen LogP) is 3.28. The van der Waals surface area contributed by atoms with Crippen LogP contribution >= 0.6 is 0 Å². The number of aromatic nitrogens is 2. The van der Waals surface area contributed by atoms with E-state index >= 15 is 0 Å². The summed E-state index contributed by atoms with van der Waals surface area (Å²) >= 11 is 0. The van der Waals surface area contributed by atoms with E-state index in [1.54, 1.807) is 12.4 Å². The highest BCUT2D eigenvalue weighted by molar-refractivity contribution is 5.84. The molecule has 2 bridgehead atoms. The Labute approximate surface area is 167 Å². The number of nitrogens with zero attached hydrogens (tertiary/aromatic N) is 3. The van der Waals surface area contributed by atoms with Crippen LogP contribution in [0.3, 0.4) is 0 Å². The maximum atomic E-state index is 13.6. The van der Waals surface area contributed by atoms with Gasteiger partial charge >= 0.3 is 0 Å². The molecule has 2 aliphatic rings. The lowest BCUT2D eigenvalue weighted by Crippen LogP contribution is -2.50. The van der Waals surface area contributed by atoms with Gasteiger partial charge < -0.3 is 5.32 Å². The molecule has 5 nitrogen and oxygen atoms in total. The Bertz CT molecular complexity index is 807. The number of benzene rings is 1. The van der Waals surface area contributed by atoms with Crippen LogP contribution in [0.5, 0.6) is 0 Å². The number of carbonyl (C=O) groups excluding carboxylic acids is 1. The predicted molar refractivity (Wildman–Crippen MR) is 110 cm³/mol. The van der Waals surface area contributed by atoms with Gasteiger partial charge in [-0.2, -0.15) is 0 Å². The second-order valence-corrected chi connectivity index (χ2v) is 8.34. The molecule has 0 radical (unpaired) electrons. The van der Waals surface area contributed by atoms with Gasteiger partial charge in [0.05, 0.1) is 29.5 Å². The van der Waals surface area contributed by atoms with Gasteiger partial charge in [0.2, 0.25) is 5.91 Å². The van der Waals surface area contributed by atoms with Crippen molar-refractivity contribution in [3.8, 4) is 0 Å². The molecule has 4 rings (SSSR count). The van der Waals surface area contributed by atoms with Crippen LogP contribution in [-0.4, -0.2) is 39.4 Å². The van der Waals surface area contributed by atoms with Gasteiger partial charge in [-0.3, -0.25) is 19.7 Å². The van der Waals surface area contributed by atoms with Crippen molar-refractivity contribution in [2.75, 3.05) is 6.54 Å². The first-order valence-corrected chi connectivity index (χ1v) is 10.5. The Hall–Kier alpha value is -2.27. The lowest BCUT2D eigenvalue weighted by molar-refractivity contribution is -0.133. The van der Waals surface area contributed by atoms with Gasteiger partial charge in [0.25, 0.3) is 0 Å². The third-order valence-electron chi connectivity index (χ3n) is 6.44. The van der Waals surface area contributed by atoms with E-state index < -0.39 is 0 Å². The van der Waals surface area contributed by atoms with E-state index in [4.69, 9.17) is 0 Å². The maximum absolute atomic E-state index is 13.6. The van der Waals surface area contributed by atoms with Crippen molar-refractivity contribution in [1.29, 1.82) is 0 Å². The van der Waals surface area contributed by atoms with Crippen LogP contribution in [0.15, 0.2) is 42.7 Å². The molecular weight excluding hydrogens is 348 g/mol. The molecule has 2 saturated heterocycles. The minimum absolute atomic E-state index is 0.173. The van der Waals surface area contributed by atoms with Crippen molar-refractivity contribution in [2.45, 2.75) is 64.6 Å². The van der Waals surface area contributed by atoms with Crippen molar-refractivity contribution >= 4 is 5.91 Å². The SMILES string of the molecule is CCCN1[C@H]2CC[C@@H]1[C@](Cc1ccccc1)(C(=O)NCc1cnc(C)cn1)C2. The van der Waals surface area contributed by atoms with Gasteiger partial charge in [0, 0.05) is 18.3 Å². The molecule has 0 unspecified atom stereocenters. The van der Waals surface area contributed by atoms with E-state index in [2.05, 4.69) is 51.4 Å². The summed E-state index contributed by atoms with van der Waals surface area (Å²) in [7, 11) is 0. The quantitative estimate of drug-likeness (QED) is 0.803. The first kappa shape index (κ1) is 19.1. The van der Waals surface area contributed by atoms with E-state index in [0.717, 1.165) is 43.6 Å². The molecule has 1 aromatic heterocycles. The maximum Gasteiger partial charge on any atom is 0.228 e. The third kappa shape index (κ3) is 3.55. The topological polar surface area (TPSA) is 58.1 Å². The van der Waals surface area contributed by atoms with Gasteiger partial charge in [-0.25, -0.2) is 0 Å². The van der Waals surface area contributed by atoms with Crippen molar-refractivity contribution in [3.05, 3.63) is 59.7 Å². The summed E-state index contributed by atoms with van der Waals surface area (Å²) in [6, 6.07) is 11.4. The molecule has 0 spiro atoms. The van der Waals surface area contributed by atoms with Crippen LogP contribution in [0.2, 0.25) is 0 Å². The molecule has 0 aliphatic carbocycles. The highest BCUT2D eigenvalue weighted by atomic mass is 16.2. The molecule has 2 fully saturated rings. The van der Waals surface area contributed by atoms with Crippen LogP contribution < -0.4 is 5.32 Å². The first-order valence-electron chi connectivity index (χ1n) is 10.5. The number of fused-ring (bicyclic) bond motifs is 2. The van der Waals surface area contributed by atoms with Gasteiger partial charge in [-0.15, -0.1) is 0 Å². The van der Waals surface area contributed by atoms with Gasteiger partial charge in [-0.05, 0) is 51.1 Å². The van der Waals surface area contributed by atoms with Crippen molar-refractivity contribution in [1.82, 2.24) is 20.2 Å². The number of rotatable bonds is 7. The van der Waals surface area contributed by atoms with Gasteiger partial charge in [0.1, 0.15) is 0 Å². The molecule has 1 amide bonds. The standard InChI is InChI=1S/C23H30N4O/c1-3-11-27-20-9-10-21(27)23(13-20,12-18-7-5-4-6-8-18)22(28)26-16-19-15-24-17(2)14-25-19/h4-8,14-15,20-21H,3,9-13,16H2,1-2H3,(H,26,28)/t20-,21+,23+/m0/s1. The minimum Gasteiger partial charge on any atom is -0.350 e. The average molecular weight is 379 g/mol. The van der Waals surface area contributed by atoms with E-state index in [0.29, 0.717) is 18.6 Å². The van der Waals surface area contributed by atoms with Crippen molar-refractivity contribution in [3.63, 3.8) is 0 Å². The molecule has 2 aromatic rings. The Kier molecular flexibility index (Phi) is 5.44. The highest BCUT2D eigenvalue weighted by Gasteiger charge is 2.59. The Morgan fingerprint density at radius 2 is 2.04 bits per heavy atom. The third-order valence-corrected chi connectivity index (χ3v) is 6.44. The number of nitrogens with one attached hydrogen (secondary N) is 1. The Morgan fingerprint density at radius 3 is 2.75 bits per heavy atom. The molecule has 5 heteroatoms. The lowest BCUT2D eigenvalue weighted by atomic mass is 9.69. The van der Waals surface area contributed by atoms with Crippen LogP contribution in [0.4, 0.5) is 0 Å². The summed E-state index contributed by atoms with van der Waals surface area (Å²) in [5.41, 5.74) is 2.59. The lowest BCUT2D eigenvalue weighted by Gasteiger charge is -2.36. The molecular formula is C23H30N4O. The summed E-state index contributed by atoms with van der Waals surface area (Å²) in [4.78, 5) is 24.9. The fraction of sp³-hybridized carbons (Fsp3) is 0.522. The van der Waals surface area contributed by atoms with Crippen LogP contribution in [0.25, 0.3) is 0 Å². The van der Waals surface area contributed by atoms with E-state index in [-0.39, 0.29) is 11.3 Å². The molecule has 3 atom stereocenters. The molecule has 148 valence electrons. The van der Waals surface area contributed by atoms with Gasteiger partial charge in [0.15, 0.2) is 0 Å². The molecule has 1 aromatic carbocycles. The van der Waals surface area contributed by atoms with Crippen molar-refractivity contribution in [2.24, 2.45) is 5.41 Å². The fourth-order valence-corrected chi connectivity index (χ4v) is 5.23. The second kappa shape index (κ2) is 8.00. The fourth-order valence-electron chi connectivity index (χ4n) is 5.23. The summed E-state index contributed by atoms with van der Waals surface area (Å²) in [6.45, 7) is 5.67. The van der Waals surface area contributed by atoms with E-state index in [9.17, 15) is 4.79 Å². The zero-order chi connectivity index (χ0) is 19.6. The average Bonchev–Trinajstić information content (AvgIpc) is 3.23. The summed E-state index contributed by atoms with van der Waals surface area (Å²) < 4.78 is 0. The number of aryl methyl sites for hydroxylation is 1. The molecule has 0 saturated carbocycles. The van der Waals surface area contributed by atoms with E-state index in [1.165, 1.54) is 12.0 Å². The normalized spacial score (nSPS) is 26.5. The van der Waals surface area contributed by atoms with Crippen LogP contribution in [0.1, 0.15) is 49.6 Å². The van der Waals surface area contributed by atoms with Crippen molar-refractivity contribution < 1.29 is 4.79 Å². The number of carbonyl (C=O) groups is 1. The Balaban J connectivity index is 1.56. The zero-order valence-corrected chi connectivity index (χ0v) is 16.9. The molecule has 2 aliphatic heterocycles. The summed E-state index contributed by atoms with van der Waals surface area (Å²) in [5, 5.41) is 3.20. The van der Waals surface area contributed by atoms with Gasteiger partial charge in [-0.1, -0.05) is 37.3 Å². The largest absolute Gasteiger partial charge is 0.350 e. The minimum atomic E-state index is -0.350. The Morgan fingerprint density at radius 1 is 1.21 bits per heavy atom. The number of hydrogen-bond donors (Lipinski definition) is 1. The first-order chi connectivity index (χ1) is 13.6. The monoisotopic (exact) mass is 378 g/mol. The molecule has 1 N–H and O–H groups in total. The summed E-state index contributed by atoms with van der Waals surface area (Å²) in [6.07, 6.45) is 8.74. The number of amides is 1. The summed E-state index contributed by atoms with van der Waals surface area (Å²) in [5.74, 6) is 0.173. The molecule has 28 heavy (non-hydrogen) atoms. The zero-order valence-electron chi connectivity index (χ0n) is 16.9. The van der Waals surface area contributed by atoms with Crippen LogP contribution in [0, 0.1) is 12.3 Å². The van der Waals surface area contributed by atoms with E-state index in [1.807, 2.05) is 13.0 Å². The molecule has 3 heterocycles.